The zero-order chi connectivity index (χ0) is 19.4. The third kappa shape index (κ3) is 4.49. The Kier molecular flexibility index (Phi) is 5.49. The minimum Gasteiger partial charge on any atom is -0.370 e. The highest BCUT2D eigenvalue weighted by molar-refractivity contribution is 6.04. The SMILES string of the molecule is N=C(N)NC(=O)c1ccc(C2CCN(C(=O)c3ccc(F)cc3)CC2)cc1. The lowest BCUT2D eigenvalue weighted by atomic mass is 9.88. The zero-order valence-corrected chi connectivity index (χ0v) is 14.7. The summed E-state index contributed by atoms with van der Waals surface area (Å²) in [5.41, 5.74) is 7.22. The second kappa shape index (κ2) is 7.99. The Bertz CT molecular complexity index is 841. The summed E-state index contributed by atoms with van der Waals surface area (Å²) in [6.45, 7) is 1.26. The van der Waals surface area contributed by atoms with Crippen LogP contribution in [0.5, 0.6) is 0 Å². The van der Waals surface area contributed by atoms with Gasteiger partial charge in [-0.2, -0.15) is 0 Å². The second-order valence-electron chi connectivity index (χ2n) is 6.56. The maximum Gasteiger partial charge on any atom is 0.257 e. The molecule has 0 aromatic heterocycles. The molecule has 27 heavy (non-hydrogen) atoms. The summed E-state index contributed by atoms with van der Waals surface area (Å²) in [6, 6.07) is 12.8. The second-order valence-corrected chi connectivity index (χ2v) is 6.56. The van der Waals surface area contributed by atoms with Crippen molar-refractivity contribution < 1.29 is 14.0 Å². The average Bonchev–Trinajstić information content (AvgIpc) is 2.68. The van der Waals surface area contributed by atoms with Crippen molar-refractivity contribution in [1.29, 1.82) is 5.41 Å². The molecule has 2 amide bonds. The van der Waals surface area contributed by atoms with Crippen LogP contribution < -0.4 is 11.1 Å². The van der Waals surface area contributed by atoms with Gasteiger partial charge in [0.2, 0.25) is 0 Å². The summed E-state index contributed by atoms with van der Waals surface area (Å²) < 4.78 is 13.0. The Morgan fingerprint density at radius 3 is 2.11 bits per heavy atom. The lowest BCUT2D eigenvalue weighted by Gasteiger charge is -2.32. The van der Waals surface area contributed by atoms with Gasteiger partial charge in [-0.05, 0) is 60.7 Å². The number of likely N-dealkylation sites (tertiary alicyclic amines) is 1. The molecule has 3 rings (SSSR count). The fraction of sp³-hybridized carbons (Fsp3) is 0.250. The number of guanidine groups is 1. The van der Waals surface area contributed by atoms with Gasteiger partial charge in [-0.1, -0.05) is 12.1 Å². The monoisotopic (exact) mass is 368 g/mol. The molecule has 7 heteroatoms. The van der Waals surface area contributed by atoms with Crippen LogP contribution in [0.25, 0.3) is 0 Å². The number of carbonyl (C=O) groups is 2. The van der Waals surface area contributed by atoms with Gasteiger partial charge >= 0.3 is 0 Å². The third-order valence-corrected chi connectivity index (χ3v) is 4.77. The van der Waals surface area contributed by atoms with E-state index < -0.39 is 5.91 Å². The van der Waals surface area contributed by atoms with Crippen LogP contribution in [-0.2, 0) is 0 Å². The number of rotatable bonds is 3. The topological polar surface area (TPSA) is 99.3 Å². The van der Waals surface area contributed by atoms with Gasteiger partial charge in [0.15, 0.2) is 5.96 Å². The first-order valence-corrected chi connectivity index (χ1v) is 8.74. The van der Waals surface area contributed by atoms with Crippen molar-refractivity contribution >= 4 is 17.8 Å². The van der Waals surface area contributed by atoms with Crippen LogP contribution in [0.15, 0.2) is 48.5 Å². The number of nitrogens with one attached hydrogen (secondary N) is 2. The Hall–Kier alpha value is -3.22. The first-order valence-electron chi connectivity index (χ1n) is 8.74. The normalized spacial score (nSPS) is 14.6. The van der Waals surface area contributed by atoms with E-state index in [9.17, 15) is 14.0 Å². The van der Waals surface area contributed by atoms with E-state index in [4.69, 9.17) is 11.1 Å². The number of hydrogen-bond donors (Lipinski definition) is 3. The molecule has 2 aromatic rings. The number of nitrogens with zero attached hydrogens (tertiary/aromatic N) is 1. The summed E-state index contributed by atoms with van der Waals surface area (Å²) in [4.78, 5) is 26.1. The smallest absolute Gasteiger partial charge is 0.257 e. The first kappa shape index (κ1) is 18.6. The quantitative estimate of drug-likeness (QED) is 0.573. The Morgan fingerprint density at radius 2 is 1.56 bits per heavy atom. The summed E-state index contributed by atoms with van der Waals surface area (Å²) in [6.07, 6.45) is 1.65. The van der Waals surface area contributed by atoms with Gasteiger partial charge in [-0.15, -0.1) is 0 Å². The average molecular weight is 368 g/mol. The molecule has 1 heterocycles. The number of piperidine rings is 1. The molecule has 2 aromatic carbocycles. The molecule has 0 bridgehead atoms. The fourth-order valence-corrected chi connectivity index (χ4v) is 3.29. The number of nitrogens with two attached hydrogens (primary N) is 1. The molecular formula is C20H21FN4O2. The fourth-order valence-electron chi connectivity index (χ4n) is 3.29. The van der Waals surface area contributed by atoms with Crippen LogP contribution in [0.1, 0.15) is 45.0 Å². The van der Waals surface area contributed by atoms with Crippen molar-refractivity contribution in [3.8, 4) is 0 Å². The number of halogens is 1. The van der Waals surface area contributed by atoms with Gasteiger partial charge in [-0.3, -0.25) is 20.3 Å². The van der Waals surface area contributed by atoms with Crippen molar-refractivity contribution in [3.05, 3.63) is 71.0 Å². The number of benzene rings is 2. The van der Waals surface area contributed by atoms with Crippen molar-refractivity contribution in [3.63, 3.8) is 0 Å². The highest BCUT2D eigenvalue weighted by atomic mass is 19.1. The third-order valence-electron chi connectivity index (χ3n) is 4.77. The summed E-state index contributed by atoms with van der Waals surface area (Å²) in [5.74, 6) is -0.918. The van der Waals surface area contributed by atoms with Crippen LogP contribution in [0.2, 0.25) is 0 Å². The van der Waals surface area contributed by atoms with Crippen LogP contribution >= 0.6 is 0 Å². The molecule has 0 radical (unpaired) electrons. The van der Waals surface area contributed by atoms with E-state index in [1.807, 2.05) is 12.1 Å². The molecule has 1 aliphatic heterocycles. The molecule has 0 unspecified atom stereocenters. The molecular weight excluding hydrogens is 347 g/mol. The molecule has 6 nitrogen and oxygen atoms in total. The highest BCUT2D eigenvalue weighted by Crippen LogP contribution is 2.29. The number of carbonyl (C=O) groups excluding carboxylic acids is 2. The van der Waals surface area contributed by atoms with E-state index in [2.05, 4.69) is 5.32 Å². The molecule has 0 saturated carbocycles. The maximum atomic E-state index is 13.0. The highest BCUT2D eigenvalue weighted by Gasteiger charge is 2.24. The van der Waals surface area contributed by atoms with Gasteiger partial charge in [-0.25, -0.2) is 4.39 Å². The predicted octanol–water partition coefficient (Wildman–Crippen LogP) is 2.47. The van der Waals surface area contributed by atoms with E-state index in [1.165, 1.54) is 24.3 Å². The summed E-state index contributed by atoms with van der Waals surface area (Å²) >= 11 is 0. The van der Waals surface area contributed by atoms with Gasteiger partial charge in [0, 0.05) is 24.2 Å². The Balaban J connectivity index is 1.58. The van der Waals surface area contributed by atoms with Gasteiger partial charge in [0.05, 0.1) is 0 Å². The van der Waals surface area contributed by atoms with Gasteiger partial charge in [0.1, 0.15) is 5.82 Å². The molecule has 140 valence electrons. The Morgan fingerprint density at radius 1 is 1.00 bits per heavy atom. The minimum atomic E-state index is -0.409. The largest absolute Gasteiger partial charge is 0.370 e. The van der Waals surface area contributed by atoms with Crippen molar-refractivity contribution in [1.82, 2.24) is 10.2 Å². The van der Waals surface area contributed by atoms with E-state index in [0.717, 1.165) is 18.4 Å². The predicted molar refractivity (Wildman–Crippen MR) is 100 cm³/mol. The number of hydrogen-bond acceptors (Lipinski definition) is 3. The summed E-state index contributed by atoms with van der Waals surface area (Å²) in [5, 5.41) is 9.35. The van der Waals surface area contributed by atoms with Crippen molar-refractivity contribution in [2.75, 3.05) is 13.1 Å². The van der Waals surface area contributed by atoms with Crippen LogP contribution in [0.3, 0.4) is 0 Å². The summed E-state index contributed by atoms with van der Waals surface area (Å²) in [7, 11) is 0. The van der Waals surface area contributed by atoms with Gasteiger partial charge in [0.25, 0.3) is 11.8 Å². The minimum absolute atomic E-state index is 0.0790. The molecule has 4 N–H and O–H groups in total. The molecule has 1 aliphatic rings. The lowest BCUT2D eigenvalue weighted by molar-refractivity contribution is 0.0712. The van der Waals surface area contributed by atoms with Crippen molar-refractivity contribution in [2.24, 2.45) is 5.73 Å². The molecule has 1 fully saturated rings. The van der Waals surface area contributed by atoms with E-state index in [-0.39, 0.29) is 17.7 Å². The van der Waals surface area contributed by atoms with Gasteiger partial charge < -0.3 is 10.6 Å². The molecule has 0 atom stereocenters. The van der Waals surface area contributed by atoms with E-state index in [0.29, 0.717) is 30.1 Å². The maximum absolute atomic E-state index is 13.0. The van der Waals surface area contributed by atoms with Crippen molar-refractivity contribution in [2.45, 2.75) is 18.8 Å². The van der Waals surface area contributed by atoms with E-state index >= 15 is 0 Å². The van der Waals surface area contributed by atoms with E-state index in [1.54, 1.807) is 17.0 Å². The number of amides is 2. The molecule has 0 spiro atoms. The molecule has 0 aliphatic carbocycles. The van der Waals surface area contributed by atoms with Crippen LogP contribution in [0, 0.1) is 11.2 Å². The first-order chi connectivity index (χ1) is 12.9. The standard InChI is InChI=1S/C20H21FN4O2/c21-17-7-5-16(6-8-17)19(27)25-11-9-14(10-12-25)13-1-3-15(4-2-13)18(26)24-20(22)23/h1-8,14H,9-12H2,(H4,22,23,24,26). The van der Waals surface area contributed by atoms with Crippen LogP contribution in [-0.4, -0.2) is 35.8 Å². The lowest BCUT2D eigenvalue weighted by Crippen LogP contribution is -2.38. The zero-order valence-electron chi connectivity index (χ0n) is 14.7. The Labute approximate surface area is 156 Å². The van der Waals surface area contributed by atoms with Crippen LogP contribution in [0.4, 0.5) is 4.39 Å². The molecule has 1 saturated heterocycles.